The van der Waals surface area contributed by atoms with Crippen LogP contribution in [0.1, 0.15) is 11.3 Å². The molecule has 0 radical (unpaired) electrons. The molecule has 0 saturated heterocycles. The van der Waals surface area contributed by atoms with E-state index < -0.39 is 0 Å². The van der Waals surface area contributed by atoms with Gasteiger partial charge < -0.3 is 5.73 Å². The number of hydrogen-bond acceptors (Lipinski definition) is 2. The molecule has 96 valence electrons. The first-order valence-electron chi connectivity index (χ1n) is 6.07. The first-order chi connectivity index (χ1) is 9.09. The third kappa shape index (κ3) is 1.83. The van der Waals surface area contributed by atoms with E-state index in [1.807, 2.05) is 25.1 Å². The minimum Gasteiger partial charge on any atom is -0.398 e. The van der Waals surface area contributed by atoms with Crippen LogP contribution in [0.15, 0.2) is 41.0 Å². The van der Waals surface area contributed by atoms with Gasteiger partial charge in [0.25, 0.3) is 0 Å². The summed E-state index contributed by atoms with van der Waals surface area (Å²) in [5.41, 5.74) is 11.3. The number of nitrogens with zero attached hydrogens (tertiary/aromatic N) is 2. The Morgan fingerprint density at radius 1 is 1.11 bits per heavy atom. The van der Waals surface area contributed by atoms with Gasteiger partial charge in [0.2, 0.25) is 0 Å². The fourth-order valence-electron chi connectivity index (χ4n) is 2.34. The van der Waals surface area contributed by atoms with Crippen molar-refractivity contribution in [1.82, 2.24) is 9.55 Å². The Balaban J connectivity index is 2.35. The molecule has 0 spiro atoms. The second kappa shape index (κ2) is 4.38. The van der Waals surface area contributed by atoms with Gasteiger partial charge in [-0.25, -0.2) is 4.98 Å². The maximum atomic E-state index is 6.17. The van der Waals surface area contributed by atoms with Gasteiger partial charge in [0, 0.05) is 33.3 Å². The Hall–Kier alpha value is -1.81. The van der Waals surface area contributed by atoms with Crippen molar-refractivity contribution in [1.29, 1.82) is 0 Å². The van der Waals surface area contributed by atoms with Gasteiger partial charge in [-0.1, -0.05) is 15.9 Å². The number of fused-ring (bicyclic) bond motifs is 1. The first-order valence-corrected chi connectivity index (χ1v) is 6.87. The molecule has 1 aromatic carbocycles. The van der Waals surface area contributed by atoms with Crippen molar-refractivity contribution in [3.05, 3.63) is 52.3 Å². The van der Waals surface area contributed by atoms with Gasteiger partial charge >= 0.3 is 0 Å². The van der Waals surface area contributed by atoms with Gasteiger partial charge in [0.05, 0.1) is 0 Å². The molecule has 4 heteroatoms. The number of nitrogen functional groups attached to an aromatic ring is 1. The number of hydrogen-bond donors (Lipinski definition) is 1. The third-order valence-electron chi connectivity index (χ3n) is 3.55. The minimum atomic E-state index is 0.818. The smallest absolute Gasteiger partial charge is 0.146 e. The lowest BCUT2D eigenvalue weighted by Crippen LogP contribution is -2.10. The van der Waals surface area contributed by atoms with Crippen molar-refractivity contribution in [2.24, 2.45) is 0 Å². The zero-order chi connectivity index (χ0) is 13.6. The van der Waals surface area contributed by atoms with Crippen LogP contribution in [0.3, 0.4) is 0 Å². The largest absolute Gasteiger partial charge is 0.398 e. The van der Waals surface area contributed by atoms with Crippen LogP contribution in [0.2, 0.25) is 0 Å². The van der Waals surface area contributed by atoms with Crippen LogP contribution < -0.4 is 5.73 Å². The van der Waals surface area contributed by atoms with Crippen molar-refractivity contribution in [3.8, 4) is 17.1 Å². The van der Waals surface area contributed by atoms with Crippen molar-refractivity contribution in [3.63, 3.8) is 0 Å². The van der Waals surface area contributed by atoms with E-state index >= 15 is 0 Å². The van der Waals surface area contributed by atoms with Crippen molar-refractivity contribution in [2.45, 2.75) is 13.8 Å². The summed E-state index contributed by atoms with van der Waals surface area (Å²) >= 11 is 3.46. The Kier molecular flexibility index (Phi) is 2.82. The second-order valence-corrected chi connectivity index (χ2v) is 5.53. The summed E-state index contributed by atoms with van der Waals surface area (Å²) in [5, 5.41) is 0. The fraction of sp³-hybridized carbons (Fsp3) is 0.133. The molecule has 0 fully saturated rings. The molecule has 2 aliphatic rings. The number of anilines is 1. The highest BCUT2D eigenvalue weighted by molar-refractivity contribution is 9.10. The van der Waals surface area contributed by atoms with E-state index in [1.54, 1.807) is 6.20 Å². The van der Waals surface area contributed by atoms with Crippen molar-refractivity contribution >= 4 is 21.6 Å². The molecule has 3 nitrogen and oxygen atoms in total. The third-order valence-corrected chi connectivity index (χ3v) is 4.08. The quantitative estimate of drug-likeness (QED) is 0.739. The maximum Gasteiger partial charge on any atom is 0.146 e. The lowest BCUT2D eigenvalue weighted by Gasteiger charge is -2.20. The molecule has 2 heterocycles. The first kappa shape index (κ1) is 12.2. The van der Waals surface area contributed by atoms with Crippen LogP contribution in [-0.4, -0.2) is 9.55 Å². The zero-order valence-corrected chi connectivity index (χ0v) is 12.4. The molecule has 0 bridgehead atoms. The predicted octanol–water partition coefficient (Wildman–Crippen LogP) is 3.94. The highest BCUT2D eigenvalue weighted by Crippen LogP contribution is 2.34. The average molecular weight is 316 g/mol. The van der Waals surface area contributed by atoms with E-state index in [0.717, 1.165) is 38.5 Å². The molecule has 2 aliphatic heterocycles. The Morgan fingerprint density at radius 3 is 2.47 bits per heavy atom. The van der Waals surface area contributed by atoms with Gasteiger partial charge in [-0.2, -0.15) is 0 Å². The van der Waals surface area contributed by atoms with E-state index in [4.69, 9.17) is 5.73 Å². The fourth-order valence-corrected chi connectivity index (χ4v) is 2.61. The number of benzene rings is 1. The molecule has 1 aromatic rings. The normalized spacial score (nSPS) is 11.1. The molecule has 3 rings (SSSR count). The molecule has 0 aliphatic carbocycles. The minimum absolute atomic E-state index is 0.818. The molecule has 19 heavy (non-hydrogen) atoms. The molecule has 0 aromatic heterocycles. The van der Waals surface area contributed by atoms with Gasteiger partial charge in [0.1, 0.15) is 5.82 Å². The van der Waals surface area contributed by atoms with Gasteiger partial charge in [-0.15, -0.1) is 0 Å². The SMILES string of the molecule is Cc1c(N)c2ccnc-2n(-c2ccc(Br)cc2)c1C. The summed E-state index contributed by atoms with van der Waals surface area (Å²) in [7, 11) is 0. The topological polar surface area (TPSA) is 43.8 Å². The lowest BCUT2D eigenvalue weighted by molar-refractivity contribution is 0.947. The van der Waals surface area contributed by atoms with Crippen LogP contribution in [0.25, 0.3) is 17.1 Å². The number of halogens is 1. The summed E-state index contributed by atoms with van der Waals surface area (Å²) in [6.07, 6.45) is 1.80. The van der Waals surface area contributed by atoms with Crippen LogP contribution in [0, 0.1) is 13.8 Å². The van der Waals surface area contributed by atoms with Crippen LogP contribution in [-0.2, 0) is 0 Å². The van der Waals surface area contributed by atoms with Crippen molar-refractivity contribution in [2.75, 3.05) is 5.73 Å². The molecule has 0 amide bonds. The summed E-state index contributed by atoms with van der Waals surface area (Å²) in [5.74, 6) is 0.905. The summed E-state index contributed by atoms with van der Waals surface area (Å²) in [6.45, 7) is 4.12. The highest BCUT2D eigenvalue weighted by atomic mass is 79.9. The number of nitrogens with two attached hydrogens (primary N) is 1. The van der Waals surface area contributed by atoms with E-state index in [9.17, 15) is 0 Å². The Labute approximate surface area is 120 Å². The lowest BCUT2D eigenvalue weighted by atomic mass is 10.1. The van der Waals surface area contributed by atoms with Gasteiger partial charge in [-0.3, -0.25) is 4.57 Å². The summed E-state index contributed by atoms with van der Waals surface area (Å²) in [6, 6.07) is 10.2. The highest BCUT2D eigenvalue weighted by Gasteiger charge is 2.18. The Morgan fingerprint density at radius 2 is 1.79 bits per heavy atom. The van der Waals surface area contributed by atoms with Gasteiger partial charge in [-0.05, 0) is 49.7 Å². The molecular weight excluding hydrogens is 302 g/mol. The molecule has 0 atom stereocenters. The average Bonchev–Trinajstić information content (AvgIpc) is 2.88. The predicted molar refractivity (Wildman–Crippen MR) is 81.8 cm³/mol. The standard InChI is InChI=1S/C15H14BrN3/c1-9-10(2)19(12-5-3-11(16)4-6-12)15-13(14(9)17)7-8-18-15/h3-8H,17H2,1-2H3. The van der Waals surface area contributed by atoms with Crippen LogP contribution >= 0.6 is 15.9 Å². The van der Waals surface area contributed by atoms with E-state index in [0.29, 0.717) is 0 Å². The summed E-state index contributed by atoms with van der Waals surface area (Å²) < 4.78 is 3.21. The molecule has 0 saturated carbocycles. The zero-order valence-electron chi connectivity index (χ0n) is 10.8. The monoisotopic (exact) mass is 315 g/mol. The summed E-state index contributed by atoms with van der Waals surface area (Å²) in [4.78, 5) is 4.45. The van der Waals surface area contributed by atoms with Crippen molar-refractivity contribution < 1.29 is 0 Å². The maximum absolute atomic E-state index is 6.17. The number of pyridine rings is 1. The van der Waals surface area contributed by atoms with Gasteiger partial charge in [0.15, 0.2) is 0 Å². The second-order valence-electron chi connectivity index (χ2n) is 4.62. The Bertz CT molecular complexity index is 713. The molecule has 0 unspecified atom stereocenters. The van der Waals surface area contributed by atoms with E-state index in [1.165, 1.54) is 0 Å². The van der Waals surface area contributed by atoms with E-state index in [-0.39, 0.29) is 0 Å². The molecular formula is C15H14BrN3. The number of rotatable bonds is 1. The van der Waals surface area contributed by atoms with Crippen LogP contribution in [0.5, 0.6) is 0 Å². The van der Waals surface area contributed by atoms with E-state index in [2.05, 4.69) is 44.5 Å². The molecule has 2 N–H and O–H groups in total. The van der Waals surface area contributed by atoms with Crippen LogP contribution in [0.4, 0.5) is 5.69 Å². The number of aromatic nitrogens is 2.